The van der Waals surface area contributed by atoms with Crippen molar-refractivity contribution in [3.8, 4) is 5.75 Å². The molecule has 98 valence electrons. The van der Waals surface area contributed by atoms with Gasteiger partial charge < -0.3 is 20.6 Å². The van der Waals surface area contributed by atoms with Gasteiger partial charge in [0.2, 0.25) is 0 Å². The summed E-state index contributed by atoms with van der Waals surface area (Å²) >= 11 is 0. The van der Waals surface area contributed by atoms with Crippen LogP contribution in [-0.2, 0) is 0 Å². The summed E-state index contributed by atoms with van der Waals surface area (Å²) in [4.78, 5) is 16.3. The molecule has 1 aliphatic heterocycles. The summed E-state index contributed by atoms with van der Waals surface area (Å²) < 4.78 is 0. The number of carbonyl (C=O) groups excluding carboxylic acids is 1. The van der Waals surface area contributed by atoms with E-state index in [2.05, 4.69) is 4.90 Å². The third kappa shape index (κ3) is 2.47. The van der Waals surface area contributed by atoms with Crippen molar-refractivity contribution in [3.05, 3.63) is 29.8 Å². The molecular weight excluding hydrogens is 230 g/mol. The molecule has 1 fully saturated rings. The second kappa shape index (κ2) is 5.37. The van der Waals surface area contributed by atoms with Crippen LogP contribution in [-0.4, -0.2) is 60.1 Å². The van der Waals surface area contributed by atoms with E-state index in [9.17, 15) is 9.90 Å². The number of likely N-dealkylation sites (N-methyl/N-ethyl adjacent to an activating group) is 1. The molecule has 1 aromatic rings. The Morgan fingerprint density at radius 3 is 2.83 bits per heavy atom. The van der Waals surface area contributed by atoms with Crippen LogP contribution < -0.4 is 5.73 Å². The van der Waals surface area contributed by atoms with Gasteiger partial charge in [0.1, 0.15) is 5.75 Å². The summed E-state index contributed by atoms with van der Waals surface area (Å²) in [6.45, 7) is 2.68. The highest BCUT2D eigenvalue weighted by molar-refractivity contribution is 5.97. The maximum absolute atomic E-state index is 12.4. The SMILES string of the molecule is CN1CCN(C(=O)c2ccccc2O)C(CN)C1. The highest BCUT2D eigenvalue weighted by Crippen LogP contribution is 2.20. The largest absolute Gasteiger partial charge is 0.507 e. The molecule has 0 aromatic heterocycles. The predicted molar refractivity (Wildman–Crippen MR) is 69.5 cm³/mol. The number of phenols is 1. The average Bonchev–Trinajstić information content (AvgIpc) is 2.38. The van der Waals surface area contributed by atoms with Crippen molar-refractivity contribution in [2.45, 2.75) is 6.04 Å². The van der Waals surface area contributed by atoms with Gasteiger partial charge in [-0.05, 0) is 19.2 Å². The third-order valence-electron chi connectivity index (χ3n) is 3.35. The fourth-order valence-electron chi connectivity index (χ4n) is 2.29. The lowest BCUT2D eigenvalue weighted by atomic mass is 10.1. The zero-order chi connectivity index (χ0) is 13.1. The zero-order valence-electron chi connectivity index (χ0n) is 10.5. The lowest BCUT2D eigenvalue weighted by Crippen LogP contribution is -2.56. The molecule has 0 bridgehead atoms. The van der Waals surface area contributed by atoms with Gasteiger partial charge in [0.15, 0.2) is 0 Å². The van der Waals surface area contributed by atoms with E-state index >= 15 is 0 Å². The molecule has 1 aliphatic rings. The first kappa shape index (κ1) is 12.9. The first-order valence-electron chi connectivity index (χ1n) is 6.11. The van der Waals surface area contributed by atoms with E-state index in [0.717, 1.165) is 13.1 Å². The van der Waals surface area contributed by atoms with Crippen molar-refractivity contribution in [2.24, 2.45) is 5.73 Å². The summed E-state index contributed by atoms with van der Waals surface area (Å²) in [6.07, 6.45) is 0. The van der Waals surface area contributed by atoms with Gasteiger partial charge in [-0.25, -0.2) is 0 Å². The Morgan fingerprint density at radius 1 is 1.44 bits per heavy atom. The molecule has 0 saturated carbocycles. The number of carbonyl (C=O) groups is 1. The summed E-state index contributed by atoms with van der Waals surface area (Å²) in [6, 6.07) is 6.64. The number of amides is 1. The van der Waals surface area contributed by atoms with Crippen molar-refractivity contribution in [3.63, 3.8) is 0 Å². The Hall–Kier alpha value is -1.59. The number of hydrogen-bond donors (Lipinski definition) is 2. The first-order chi connectivity index (χ1) is 8.63. The van der Waals surface area contributed by atoms with E-state index in [-0.39, 0.29) is 17.7 Å². The van der Waals surface area contributed by atoms with Gasteiger partial charge in [-0.2, -0.15) is 0 Å². The van der Waals surface area contributed by atoms with E-state index in [1.165, 1.54) is 6.07 Å². The Morgan fingerprint density at radius 2 is 2.17 bits per heavy atom. The summed E-state index contributed by atoms with van der Waals surface area (Å²) in [5.41, 5.74) is 6.07. The fourth-order valence-corrected chi connectivity index (χ4v) is 2.29. The number of phenolic OH excluding ortho intramolecular Hbond substituents is 1. The molecular formula is C13H19N3O2. The maximum Gasteiger partial charge on any atom is 0.257 e. The van der Waals surface area contributed by atoms with E-state index in [1.54, 1.807) is 23.1 Å². The van der Waals surface area contributed by atoms with Gasteiger partial charge in [0.25, 0.3) is 5.91 Å². The van der Waals surface area contributed by atoms with Crippen LogP contribution in [0.2, 0.25) is 0 Å². The second-order valence-corrected chi connectivity index (χ2v) is 4.67. The van der Waals surface area contributed by atoms with Crippen LogP contribution in [0.3, 0.4) is 0 Å². The molecule has 0 spiro atoms. The number of nitrogens with zero attached hydrogens (tertiary/aromatic N) is 2. The summed E-state index contributed by atoms with van der Waals surface area (Å²) in [5.74, 6) is -0.117. The van der Waals surface area contributed by atoms with Crippen LogP contribution >= 0.6 is 0 Å². The number of rotatable bonds is 2. The summed E-state index contributed by atoms with van der Waals surface area (Å²) in [7, 11) is 2.02. The Bertz CT molecular complexity index is 436. The molecule has 1 aromatic carbocycles. The van der Waals surface area contributed by atoms with Crippen LogP contribution in [0, 0.1) is 0 Å². The molecule has 1 atom stereocenters. The third-order valence-corrected chi connectivity index (χ3v) is 3.35. The number of para-hydroxylation sites is 1. The standard InChI is InChI=1S/C13H19N3O2/c1-15-6-7-16(10(8-14)9-15)13(18)11-4-2-3-5-12(11)17/h2-5,10,17H,6-9,14H2,1H3. The zero-order valence-corrected chi connectivity index (χ0v) is 10.5. The smallest absolute Gasteiger partial charge is 0.257 e. The molecule has 18 heavy (non-hydrogen) atoms. The Kier molecular flexibility index (Phi) is 3.84. The molecule has 2 rings (SSSR count). The van der Waals surface area contributed by atoms with Gasteiger partial charge >= 0.3 is 0 Å². The predicted octanol–water partition coefficient (Wildman–Crippen LogP) is 0.107. The lowest BCUT2D eigenvalue weighted by Gasteiger charge is -2.39. The molecule has 5 nitrogen and oxygen atoms in total. The van der Waals surface area contributed by atoms with E-state index in [4.69, 9.17) is 5.73 Å². The van der Waals surface area contributed by atoms with Crippen molar-refractivity contribution in [1.82, 2.24) is 9.80 Å². The second-order valence-electron chi connectivity index (χ2n) is 4.67. The van der Waals surface area contributed by atoms with Gasteiger partial charge in [0.05, 0.1) is 11.6 Å². The molecule has 1 heterocycles. The van der Waals surface area contributed by atoms with Crippen molar-refractivity contribution < 1.29 is 9.90 Å². The molecule has 0 aliphatic carbocycles. The quantitative estimate of drug-likeness (QED) is 0.780. The molecule has 5 heteroatoms. The molecule has 1 saturated heterocycles. The Balaban J connectivity index is 2.20. The van der Waals surface area contributed by atoms with E-state index < -0.39 is 0 Å². The molecule has 1 amide bonds. The van der Waals surface area contributed by atoms with Crippen LogP contribution in [0.1, 0.15) is 10.4 Å². The van der Waals surface area contributed by atoms with Crippen LogP contribution in [0.4, 0.5) is 0 Å². The van der Waals surface area contributed by atoms with Crippen LogP contribution in [0.15, 0.2) is 24.3 Å². The van der Waals surface area contributed by atoms with E-state index in [1.807, 2.05) is 7.05 Å². The molecule has 1 unspecified atom stereocenters. The average molecular weight is 249 g/mol. The lowest BCUT2D eigenvalue weighted by molar-refractivity contribution is 0.0513. The van der Waals surface area contributed by atoms with Crippen molar-refractivity contribution in [2.75, 3.05) is 33.2 Å². The maximum atomic E-state index is 12.4. The molecule has 0 radical (unpaired) electrons. The highest BCUT2D eigenvalue weighted by Gasteiger charge is 2.29. The topological polar surface area (TPSA) is 69.8 Å². The fraction of sp³-hybridized carbons (Fsp3) is 0.462. The number of aromatic hydroxyl groups is 1. The Labute approximate surface area is 107 Å². The van der Waals surface area contributed by atoms with Crippen LogP contribution in [0.25, 0.3) is 0 Å². The number of nitrogens with two attached hydrogens (primary N) is 1. The first-order valence-corrected chi connectivity index (χ1v) is 6.11. The molecule has 3 N–H and O–H groups in total. The minimum atomic E-state index is -0.142. The minimum absolute atomic E-state index is 0.0101. The van der Waals surface area contributed by atoms with Gasteiger partial charge in [-0.1, -0.05) is 12.1 Å². The van der Waals surface area contributed by atoms with E-state index in [0.29, 0.717) is 18.7 Å². The number of piperazine rings is 1. The van der Waals surface area contributed by atoms with Gasteiger partial charge in [-0.15, -0.1) is 0 Å². The highest BCUT2D eigenvalue weighted by atomic mass is 16.3. The number of hydrogen-bond acceptors (Lipinski definition) is 4. The van der Waals surface area contributed by atoms with Crippen molar-refractivity contribution in [1.29, 1.82) is 0 Å². The summed E-state index contributed by atoms with van der Waals surface area (Å²) in [5, 5.41) is 9.73. The normalized spacial score (nSPS) is 21.0. The number of benzene rings is 1. The minimum Gasteiger partial charge on any atom is -0.507 e. The van der Waals surface area contributed by atoms with Crippen LogP contribution in [0.5, 0.6) is 5.75 Å². The van der Waals surface area contributed by atoms with Gasteiger partial charge in [-0.3, -0.25) is 4.79 Å². The van der Waals surface area contributed by atoms with Crippen molar-refractivity contribution >= 4 is 5.91 Å². The monoisotopic (exact) mass is 249 g/mol. The van der Waals surface area contributed by atoms with Gasteiger partial charge in [0, 0.05) is 26.2 Å².